The van der Waals surface area contributed by atoms with Crippen molar-refractivity contribution in [2.75, 3.05) is 13.1 Å². The van der Waals surface area contributed by atoms with E-state index in [9.17, 15) is 4.79 Å². The Balaban J connectivity index is 1.20. The second-order valence-electron chi connectivity index (χ2n) is 10.6. The van der Waals surface area contributed by atoms with E-state index >= 15 is 0 Å². The Bertz CT molecular complexity index is 1260. The van der Waals surface area contributed by atoms with Crippen molar-refractivity contribution in [2.45, 2.75) is 44.6 Å². The summed E-state index contributed by atoms with van der Waals surface area (Å²) in [5.41, 5.74) is 5.64. The Morgan fingerprint density at radius 1 is 0.914 bits per heavy atom. The van der Waals surface area contributed by atoms with Gasteiger partial charge in [0.15, 0.2) is 0 Å². The van der Waals surface area contributed by atoms with Crippen molar-refractivity contribution < 1.29 is 9.53 Å². The van der Waals surface area contributed by atoms with Crippen LogP contribution in [0.15, 0.2) is 84.9 Å². The highest BCUT2D eigenvalue weighted by Gasteiger charge is 2.37. The molecule has 2 aliphatic rings. The molecule has 0 bridgehead atoms. The first-order chi connectivity index (χ1) is 16.8. The van der Waals surface area contributed by atoms with Gasteiger partial charge in [-0.1, -0.05) is 87.5 Å². The van der Waals surface area contributed by atoms with Crippen LogP contribution >= 0.6 is 0 Å². The van der Waals surface area contributed by atoms with Gasteiger partial charge in [-0.15, -0.1) is 0 Å². The van der Waals surface area contributed by atoms with E-state index in [0.717, 1.165) is 29.7 Å². The SMILES string of the molecule is CC(C)(C)c1ccc(/C=C/C(=O)N2CCC3(C=Cc4cc(-c5ccccc5)ccc4O3)CC2)cc1. The predicted molar refractivity (Wildman–Crippen MR) is 144 cm³/mol. The third kappa shape index (κ3) is 5.09. The third-order valence-corrected chi connectivity index (χ3v) is 7.11. The number of piperidine rings is 1. The van der Waals surface area contributed by atoms with Crippen LogP contribution in [-0.2, 0) is 10.2 Å². The molecular weight excluding hydrogens is 430 g/mol. The van der Waals surface area contributed by atoms with Crippen molar-refractivity contribution in [3.8, 4) is 16.9 Å². The number of carbonyl (C=O) groups is 1. The van der Waals surface area contributed by atoms with Gasteiger partial charge in [0.2, 0.25) is 5.91 Å². The molecule has 0 radical (unpaired) electrons. The molecule has 0 saturated carbocycles. The number of rotatable bonds is 3. The Kier molecular flexibility index (Phi) is 6.10. The standard InChI is InChI=1S/C32H33NO2/c1-31(2,3)28-13-9-24(10-14-28)11-16-30(34)33-21-19-32(20-22-33)18-17-27-23-26(12-15-29(27)35-32)25-7-5-4-6-8-25/h4-18,23H,19-22H2,1-3H3/b16-11+. The fourth-order valence-corrected chi connectivity index (χ4v) is 4.82. The molecule has 3 nitrogen and oxygen atoms in total. The van der Waals surface area contributed by atoms with Gasteiger partial charge in [0.25, 0.3) is 0 Å². The lowest BCUT2D eigenvalue weighted by Gasteiger charge is -2.41. The first-order valence-corrected chi connectivity index (χ1v) is 12.5. The Labute approximate surface area is 208 Å². The second kappa shape index (κ2) is 9.22. The average Bonchev–Trinajstić information content (AvgIpc) is 2.88. The van der Waals surface area contributed by atoms with Gasteiger partial charge in [-0.2, -0.15) is 0 Å². The molecule has 1 spiro atoms. The number of nitrogens with zero attached hydrogens (tertiary/aromatic N) is 1. The smallest absolute Gasteiger partial charge is 0.246 e. The molecule has 0 atom stereocenters. The Morgan fingerprint density at radius 3 is 2.31 bits per heavy atom. The van der Waals surface area contributed by atoms with Gasteiger partial charge >= 0.3 is 0 Å². The Hall–Kier alpha value is -3.59. The third-order valence-electron chi connectivity index (χ3n) is 7.11. The van der Waals surface area contributed by atoms with Crippen molar-refractivity contribution in [3.05, 3.63) is 102 Å². The van der Waals surface area contributed by atoms with Gasteiger partial charge in [-0.25, -0.2) is 0 Å². The first-order valence-electron chi connectivity index (χ1n) is 12.5. The zero-order valence-electron chi connectivity index (χ0n) is 20.8. The highest BCUT2D eigenvalue weighted by atomic mass is 16.5. The van der Waals surface area contributed by atoms with Gasteiger partial charge in [-0.3, -0.25) is 4.79 Å². The van der Waals surface area contributed by atoms with Gasteiger partial charge in [0, 0.05) is 37.6 Å². The molecule has 1 saturated heterocycles. The maximum absolute atomic E-state index is 12.8. The van der Waals surface area contributed by atoms with Crippen molar-refractivity contribution in [1.29, 1.82) is 0 Å². The van der Waals surface area contributed by atoms with Crippen LogP contribution in [0.5, 0.6) is 5.75 Å². The van der Waals surface area contributed by atoms with Crippen molar-refractivity contribution in [1.82, 2.24) is 4.90 Å². The van der Waals surface area contributed by atoms with E-state index in [0.29, 0.717) is 13.1 Å². The summed E-state index contributed by atoms with van der Waals surface area (Å²) in [5.74, 6) is 0.984. The number of fused-ring (bicyclic) bond motifs is 1. The van der Waals surface area contributed by atoms with Crippen LogP contribution in [0, 0.1) is 0 Å². The lowest BCUT2D eigenvalue weighted by atomic mass is 9.86. The van der Waals surface area contributed by atoms with Crippen LogP contribution in [-0.4, -0.2) is 29.5 Å². The minimum Gasteiger partial charge on any atom is -0.482 e. The molecule has 3 aromatic rings. The summed E-state index contributed by atoms with van der Waals surface area (Å²) in [6.07, 6.45) is 9.58. The fraction of sp³-hybridized carbons (Fsp3) is 0.281. The zero-order chi connectivity index (χ0) is 24.5. The second-order valence-corrected chi connectivity index (χ2v) is 10.6. The summed E-state index contributed by atoms with van der Waals surface area (Å²) < 4.78 is 6.50. The first kappa shape index (κ1) is 23.2. The number of likely N-dealkylation sites (tertiary alicyclic amines) is 1. The number of amides is 1. The molecule has 178 valence electrons. The lowest BCUT2D eigenvalue weighted by Crippen LogP contribution is -2.49. The zero-order valence-corrected chi connectivity index (χ0v) is 20.8. The van der Waals surface area contributed by atoms with Gasteiger partial charge < -0.3 is 9.64 Å². The largest absolute Gasteiger partial charge is 0.482 e. The predicted octanol–water partition coefficient (Wildman–Crippen LogP) is 7.13. The molecule has 3 heteroatoms. The molecule has 0 unspecified atom stereocenters. The summed E-state index contributed by atoms with van der Waals surface area (Å²) in [6, 6.07) is 25.2. The van der Waals surface area contributed by atoms with Crippen LogP contribution < -0.4 is 4.74 Å². The summed E-state index contributed by atoms with van der Waals surface area (Å²) in [4.78, 5) is 14.7. The number of ether oxygens (including phenoxy) is 1. The normalized spacial score (nSPS) is 16.8. The quantitative estimate of drug-likeness (QED) is 0.387. The van der Waals surface area contributed by atoms with Crippen LogP contribution in [0.25, 0.3) is 23.3 Å². The van der Waals surface area contributed by atoms with Crippen LogP contribution in [0.3, 0.4) is 0 Å². The van der Waals surface area contributed by atoms with Gasteiger partial charge in [-0.05, 0) is 52.0 Å². The molecule has 2 heterocycles. The molecule has 1 amide bonds. The molecule has 0 N–H and O–H groups in total. The van der Waals surface area contributed by atoms with E-state index in [1.807, 2.05) is 17.0 Å². The van der Waals surface area contributed by atoms with Crippen molar-refractivity contribution in [2.24, 2.45) is 0 Å². The maximum atomic E-state index is 12.8. The molecule has 5 rings (SSSR count). The molecule has 3 aromatic carbocycles. The monoisotopic (exact) mass is 463 g/mol. The van der Waals surface area contributed by atoms with E-state index in [1.54, 1.807) is 6.08 Å². The maximum Gasteiger partial charge on any atom is 0.246 e. The average molecular weight is 464 g/mol. The highest BCUT2D eigenvalue weighted by Crippen LogP contribution is 2.38. The molecule has 2 aliphatic heterocycles. The van der Waals surface area contributed by atoms with Crippen LogP contribution in [0.2, 0.25) is 0 Å². The van der Waals surface area contributed by atoms with Crippen molar-refractivity contribution >= 4 is 18.1 Å². The van der Waals surface area contributed by atoms with E-state index < -0.39 is 0 Å². The lowest BCUT2D eigenvalue weighted by molar-refractivity contribution is -0.128. The minimum absolute atomic E-state index is 0.0624. The van der Waals surface area contributed by atoms with Gasteiger partial charge in [0.05, 0.1) is 0 Å². The van der Waals surface area contributed by atoms with E-state index in [-0.39, 0.29) is 16.9 Å². The number of benzene rings is 3. The fourth-order valence-electron chi connectivity index (χ4n) is 4.82. The molecule has 0 aliphatic carbocycles. The summed E-state index contributed by atoms with van der Waals surface area (Å²) in [5, 5.41) is 0. The molecular formula is C32H33NO2. The summed E-state index contributed by atoms with van der Waals surface area (Å²) in [7, 11) is 0. The van der Waals surface area contributed by atoms with E-state index in [2.05, 4.69) is 99.7 Å². The summed E-state index contributed by atoms with van der Waals surface area (Å²) >= 11 is 0. The number of hydrogen-bond donors (Lipinski definition) is 0. The molecule has 0 aromatic heterocycles. The van der Waals surface area contributed by atoms with E-state index in [1.165, 1.54) is 16.7 Å². The molecule has 35 heavy (non-hydrogen) atoms. The Morgan fingerprint density at radius 2 is 1.63 bits per heavy atom. The number of hydrogen-bond acceptors (Lipinski definition) is 2. The molecule has 1 fully saturated rings. The van der Waals surface area contributed by atoms with Crippen LogP contribution in [0.4, 0.5) is 0 Å². The van der Waals surface area contributed by atoms with Gasteiger partial charge in [0.1, 0.15) is 11.4 Å². The van der Waals surface area contributed by atoms with E-state index in [4.69, 9.17) is 4.74 Å². The van der Waals surface area contributed by atoms with Crippen LogP contribution in [0.1, 0.15) is 50.3 Å². The minimum atomic E-state index is -0.329. The topological polar surface area (TPSA) is 29.5 Å². The summed E-state index contributed by atoms with van der Waals surface area (Å²) in [6.45, 7) is 7.99. The van der Waals surface area contributed by atoms with Crippen molar-refractivity contribution in [3.63, 3.8) is 0 Å². The number of carbonyl (C=O) groups excluding carboxylic acids is 1. The highest BCUT2D eigenvalue weighted by molar-refractivity contribution is 5.91.